The van der Waals surface area contributed by atoms with Crippen LogP contribution in [-0.2, 0) is 14.6 Å². The van der Waals surface area contributed by atoms with Crippen molar-refractivity contribution < 1.29 is 18.0 Å². The zero-order valence-corrected chi connectivity index (χ0v) is 18.5. The summed E-state index contributed by atoms with van der Waals surface area (Å²) >= 11 is 0. The van der Waals surface area contributed by atoms with Crippen molar-refractivity contribution in [2.24, 2.45) is 0 Å². The molecule has 0 bridgehead atoms. The number of carbonyl (C=O) groups is 2. The molecule has 1 heterocycles. The summed E-state index contributed by atoms with van der Waals surface area (Å²) < 4.78 is 26.0. The van der Waals surface area contributed by atoms with Crippen LogP contribution in [0, 0.1) is 0 Å². The van der Waals surface area contributed by atoms with Crippen LogP contribution in [-0.4, -0.2) is 31.3 Å². The minimum absolute atomic E-state index is 0.0186. The number of rotatable bonds is 7. The third kappa shape index (κ3) is 5.89. The molecule has 0 atom stereocenters. The van der Waals surface area contributed by atoms with Gasteiger partial charge in [-0.25, -0.2) is 8.42 Å². The van der Waals surface area contributed by atoms with E-state index in [1.807, 2.05) is 19.9 Å². The standard InChI is InChI=1S/C24H23N3O4S/c1-17(2)26-24(29)19-6-3-7-22(15-19)32(30,31)21-11-9-20(10-12-21)27-23(28)13-8-18-5-4-14-25-16-18/h3-17H,1-2H3,(H,26,29)(H,27,28). The maximum atomic E-state index is 13.0. The molecule has 32 heavy (non-hydrogen) atoms. The largest absolute Gasteiger partial charge is 0.350 e. The van der Waals surface area contributed by atoms with E-state index in [2.05, 4.69) is 15.6 Å². The molecule has 0 saturated carbocycles. The van der Waals surface area contributed by atoms with Crippen LogP contribution in [0.2, 0.25) is 0 Å². The normalized spacial score (nSPS) is 11.5. The molecule has 1 aromatic heterocycles. The van der Waals surface area contributed by atoms with E-state index in [0.29, 0.717) is 5.69 Å². The summed E-state index contributed by atoms with van der Waals surface area (Å²) in [6.07, 6.45) is 6.27. The van der Waals surface area contributed by atoms with Crippen molar-refractivity contribution in [3.8, 4) is 0 Å². The molecule has 2 amide bonds. The van der Waals surface area contributed by atoms with E-state index in [1.54, 1.807) is 30.6 Å². The van der Waals surface area contributed by atoms with Gasteiger partial charge in [0.2, 0.25) is 15.7 Å². The second-order valence-electron chi connectivity index (χ2n) is 7.29. The summed E-state index contributed by atoms with van der Waals surface area (Å²) in [4.78, 5) is 28.3. The summed E-state index contributed by atoms with van der Waals surface area (Å²) in [5, 5.41) is 5.42. The van der Waals surface area contributed by atoms with Crippen molar-refractivity contribution in [1.29, 1.82) is 0 Å². The first-order valence-electron chi connectivity index (χ1n) is 9.91. The highest BCUT2D eigenvalue weighted by Gasteiger charge is 2.19. The SMILES string of the molecule is CC(C)NC(=O)c1cccc(S(=O)(=O)c2ccc(NC(=O)C=Cc3cccnc3)cc2)c1. The number of pyridine rings is 1. The number of sulfone groups is 1. The number of hydrogen-bond donors (Lipinski definition) is 2. The quantitative estimate of drug-likeness (QED) is 0.535. The molecule has 8 heteroatoms. The predicted molar refractivity (Wildman–Crippen MR) is 123 cm³/mol. The molecule has 164 valence electrons. The van der Waals surface area contributed by atoms with E-state index < -0.39 is 9.84 Å². The van der Waals surface area contributed by atoms with E-state index in [4.69, 9.17) is 0 Å². The Morgan fingerprint density at radius 3 is 2.38 bits per heavy atom. The highest BCUT2D eigenvalue weighted by atomic mass is 32.2. The van der Waals surface area contributed by atoms with Crippen LogP contribution in [0.5, 0.6) is 0 Å². The number of carbonyl (C=O) groups excluding carboxylic acids is 2. The van der Waals surface area contributed by atoms with Gasteiger partial charge in [0.1, 0.15) is 0 Å². The third-order valence-electron chi connectivity index (χ3n) is 4.37. The first kappa shape index (κ1) is 22.9. The lowest BCUT2D eigenvalue weighted by Crippen LogP contribution is -2.30. The Bertz CT molecular complexity index is 1240. The van der Waals surface area contributed by atoms with Gasteiger partial charge >= 0.3 is 0 Å². The zero-order chi connectivity index (χ0) is 23.1. The van der Waals surface area contributed by atoms with E-state index in [0.717, 1.165) is 5.56 Å². The fourth-order valence-electron chi connectivity index (χ4n) is 2.83. The van der Waals surface area contributed by atoms with Crippen molar-refractivity contribution in [3.63, 3.8) is 0 Å². The van der Waals surface area contributed by atoms with Crippen molar-refractivity contribution >= 4 is 33.4 Å². The fraction of sp³-hybridized carbons (Fsp3) is 0.125. The van der Waals surface area contributed by atoms with Gasteiger partial charge in [-0.3, -0.25) is 14.6 Å². The molecule has 0 aliphatic rings. The van der Waals surface area contributed by atoms with E-state index in [-0.39, 0.29) is 33.2 Å². The van der Waals surface area contributed by atoms with E-state index in [1.165, 1.54) is 48.5 Å². The third-order valence-corrected chi connectivity index (χ3v) is 6.14. The molecule has 0 aliphatic heterocycles. The van der Waals surface area contributed by atoms with Gasteiger partial charge in [-0.15, -0.1) is 0 Å². The first-order chi connectivity index (χ1) is 15.3. The van der Waals surface area contributed by atoms with Crippen molar-refractivity contribution in [2.75, 3.05) is 5.32 Å². The number of nitrogens with zero attached hydrogens (tertiary/aromatic N) is 1. The second-order valence-corrected chi connectivity index (χ2v) is 9.24. The van der Waals surface area contributed by atoms with Crippen molar-refractivity contribution in [3.05, 3.63) is 90.3 Å². The van der Waals surface area contributed by atoms with Crippen LogP contribution >= 0.6 is 0 Å². The average molecular weight is 450 g/mol. The first-order valence-corrected chi connectivity index (χ1v) is 11.4. The van der Waals surface area contributed by atoms with Crippen LogP contribution in [0.3, 0.4) is 0 Å². The summed E-state index contributed by atoms with van der Waals surface area (Å²) in [7, 11) is -3.83. The Morgan fingerprint density at radius 2 is 1.72 bits per heavy atom. The predicted octanol–water partition coefficient (Wildman–Crippen LogP) is 3.70. The molecule has 3 aromatic rings. The number of hydrogen-bond acceptors (Lipinski definition) is 5. The number of anilines is 1. The van der Waals surface area contributed by atoms with Crippen molar-refractivity contribution in [2.45, 2.75) is 29.7 Å². The maximum Gasteiger partial charge on any atom is 0.251 e. The molecule has 0 spiro atoms. The Hall–Kier alpha value is -3.78. The van der Waals surface area contributed by atoms with Gasteiger partial charge in [0.05, 0.1) is 9.79 Å². The zero-order valence-electron chi connectivity index (χ0n) is 17.6. The molecular weight excluding hydrogens is 426 g/mol. The molecule has 0 fully saturated rings. The molecule has 0 radical (unpaired) electrons. The Balaban J connectivity index is 1.73. The minimum Gasteiger partial charge on any atom is -0.350 e. The van der Waals surface area contributed by atoms with E-state index >= 15 is 0 Å². The topological polar surface area (TPSA) is 105 Å². The van der Waals surface area contributed by atoms with Gasteiger partial charge in [0, 0.05) is 35.8 Å². The number of amides is 2. The van der Waals surface area contributed by atoms with E-state index in [9.17, 15) is 18.0 Å². The van der Waals surface area contributed by atoms with Crippen LogP contribution < -0.4 is 10.6 Å². The van der Waals surface area contributed by atoms with Crippen LogP contribution in [0.1, 0.15) is 29.8 Å². The second kappa shape index (κ2) is 10.0. The Morgan fingerprint density at radius 1 is 0.969 bits per heavy atom. The lowest BCUT2D eigenvalue weighted by atomic mass is 10.2. The molecule has 0 aliphatic carbocycles. The number of nitrogens with one attached hydrogen (secondary N) is 2. The number of benzene rings is 2. The Kier molecular flexibility index (Phi) is 7.17. The van der Waals surface area contributed by atoms with Crippen LogP contribution in [0.4, 0.5) is 5.69 Å². The average Bonchev–Trinajstić information content (AvgIpc) is 2.78. The molecule has 2 aromatic carbocycles. The molecule has 2 N–H and O–H groups in total. The fourth-order valence-corrected chi connectivity index (χ4v) is 4.14. The van der Waals surface area contributed by atoms with Gasteiger partial charge in [-0.05, 0) is 74.0 Å². The minimum atomic E-state index is -3.83. The van der Waals surface area contributed by atoms with Gasteiger partial charge in [-0.1, -0.05) is 12.1 Å². The highest BCUT2D eigenvalue weighted by Crippen LogP contribution is 2.23. The molecule has 0 saturated heterocycles. The summed E-state index contributed by atoms with van der Waals surface area (Å²) in [6.45, 7) is 3.65. The van der Waals surface area contributed by atoms with Gasteiger partial charge in [0.15, 0.2) is 0 Å². The summed E-state index contributed by atoms with van der Waals surface area (Å²) in [6, 6.07) is 15.3. The lowest BCUT2D eigenvalue weighted by molar-refractivity contribution is -0.111. The smallest absolute Gasteiger partial charge is 0.251 e. The highest BCUT2D eigenvalue weighted by molar-refractivity contribution is 7.91. The van der Waals surface area contributed by atoms with Crippen molar-refractivity contribution in [1.82, 2.24) is 10.3 Å². The van der Waals surface area contributed by atoms with Crippen LogP contribution in [0.15, 0.2) is 88.9 Å². The van der Waals surface area contributed by atoms with Crippen LogP contribution in [0.25, 0.3) is 6.08 Å². The molecular formula is C24H23N3O4S. The molecule has 3 rings (SSSR count). The summed E-state index contributed by atoms with van der Waals surface area (Å²) in [5.41, 5.74) is 1.51. The monoisotopic (exact) mass is 449 g/mol. The Labute approximate surface area is 187 Å². The molecule has 0 unspecified atom stereocenters. The molecule has 7 nitrogen and oxygen atoms in total. The van der Waals surface area contributed by atoms with Gasteiger partial charge < -0.3 is 10.6 Å². The van der Waals surface area contributed by atoms with Gasteiger partial charge in [-0.2, -0.15) is 0 Å². The maximum absolute atomic E-state index is 13.0. The lowest BCUT2D eigenvalue weighted by Gasteiger charge is -2.10. The summed E-state index contributed by atoms with van der Waals surface area (Å²) in [5.74, 6) is -0.692. The van der Waals surface area contributed by atoms with Gasteiger partial charge in [0.25, 0.3) is 5.91 Å². The number of aromatic nitrogens is 1.